The van der Waals surface area contributed by atoms with Crippen LogP contribution in [0.3, 0.4) is 0 Å². The normalized spacial score (nSPS) is 24.7. The standard InChI is InChI=1S/C11H23NO/c1-10(2)9(11(10,3)4)12-7-5-6-8-13/h9,12-13H,5-8H2,1-4H3. The lowest BCUT2D eigenvalue weighted by Gasteiger charge is -2.04. The fourth-order valence-electron chi connectivity index (χ4n) is 2.19. The van der Waals surface area contributed by atoms with Gasteiger partial charge in [-0.25, -0.2) is 0 Å². The second kappa shape index (κ2) is 3.58. The van der Waals surface area contributed by atoms with E-state index < -0.39 is 0 Å². The average Bonchev–Trinajstić information content (AvgIpc) is 2.39. The number of unbranched alkanes of at least 4 members (excludes halogenated alkanes) is 1. The molecule has 2 heteroatoms. The van der Waals surface area contributed by atoms with Gasteiger partial charge in [0.05, 0.1) is 0 Å². The molecule has 0 saturated heterocycles. The molecule has 1 rings (SSSR count). The molecule has 78 valence electrons. The highest BCUT2D eigenvalue weighted by Crippen LogP contribution is 2.62. The van der Waals surface area contributed by atoms with E-state index in [4.69, 9.17) is 5.11 Å². The summed E-state index contributed by atoms with van der Waals surface area (Å²) in [6.45, 7) is 10.6. The van der Waals surface area contributed by atoms with Gasteiger partial charge in [0, 0.05) is 12.6 Å². The number of hydrogen-bond donors (Lipinski definition) is 2. The Morgan fingerprint density at radius 2 is 1.62 bits per heavy atom. The minimum atomic E-state index is 0.319. The van der Waals surface area contributed by atoms with E-state index in [1.165, 1.54) is 0 Å². The number of nitrogens with one attached hydrogen (secondary N) is 1. The number of aliphatic hydroxyl groups is 1. The summed E-state index contributed by atoms with van der Waals surface area (Å²) < 4.78 is 0. The van der Waals surface area contributed by atoms with E-state index >= 15 is 0 Å². The fraction of sp³-hybridized carbons (Fsp3) is 1.00. The summed E-state index contributed by atoms with van der Waals surface area (Å²) >= 11 is 0. The summed E-state index contributed by atoms with van der Waals surface area (Å²) in [5.41, 5.74) is 0.873. The van der Waals surface area contributed by atoms with Crippen LogP contribution in [0, 0.1) is 10.8 Å². The molecule has 0 atom stereocenters. The van der Waals surface area contributed by atoms with Crippen LogP contribution in [0.25, 0.3) is 0 Å². The van der Waals surface area contributed by atoms with Crippen molar-refractivity contribution in [2.24, 2.45) is 10.8 Å². The lowest BCUT2D eigenvalue weighted by molar-refractivity contribution is 0.283. The molecule has 2 N–H and O–H groups in total. The van der Waals surface area contributed by atoms with E-state index in [2.05, 4.69) is 33.0 Å². The Kier molecular flexibility index (Phi) is 3.03. The van der Waals surface area contributed by atoms with Gasteiger partial charge < -0.3 is 10.4 Å². The van der Waals surface area contributed by atoms with Crippen molar-refractivity contribution in [1.29, 1.82) is 0 Å². The molecule has 0 aromatic carbocycles. The van der Waals surface area contributed by atoms with Crippen LogP contribution in [0.15, 0.2) is 0 Å². The van der Waals surface area contributed by atoms with E-state index in [1.54, 1.807) is 0 Å². The molecule has 1 fully saturated rings. The Balaban J connectivity index is 2.19. The smallest absolute Gasteiger partial charge is 0.0431 e. The third-order valence-electron chi connectivity index (χ3n) is 3.95. The van der Waals surface area contributed by atoms with Crippen molar-refractivity contribution in [3.8, 4) is 0 Å². The maximum Gasteiger partial charge on any atom is 0.0431 e. The van der Waals surface area contributed by atoms with Crippen molar-refractivity contribution in [3.63, 3.8) is 0 Å². The summed E-state index contributed by atoms with van der Waals surface area (Å²) in [7, 11) is 0. The molecule has 0 radical (unpaired) electrons. The van der Waals surface area contributed by atoms with Gasteiger partial charge in [0.2, 0.25) is 0 Å². The van der Waals surface area contributed by atoms with Gasteiger partial charge in [0.25, 0.3) is 0 Å². The van der Waals surface area contributed by atoms with Gasteiger partial charge in [-0.2, -0.15) is 0 Å². The molecule has 1 saturated carbocycles. The summed E-state index contributed by atoms with van der Waals surface area (Å²) in [4.78, 5) is 0. The molecule has 0 aromatic rings. The Labute approximate surface area is 81.7 Å². The Hall–Kier alpha value is -0.0800. The van der Waals surface area contributed by atoms with Gasteiger partial charge >= 0.3 is 0 Å². The van der Waals surface area contributed by atoms with Crippen LogP contribution in [-0.4, -0.2) is 24.3 Å². The van der Waals surface area contributed by atoms with Crippen LogP contribution in [-0.2, 0) is 0 Å². The zero-order chi connectivity index (χ0) is 10.1. The molecule has 0 bridgehead atoms. The Morgan fingerprint density at radius 3 is 2.00 bits per heavy atom. The molecule has 0 aromatic heterocycles. The highest BCUT2D eigenvalue weighted by atomic mass is 16.2. The summed E-state index contributed by atoms with van der Waals surface area (Å²) in [6.07, 6.45) is 2.00. The lowest BCUT2D eigenvalue weighted by atomic mass is 10.0. The second-order valence-electron chi connectivity index (χ2n) is 5.26. The number of rotatable bonds is 5. The van der Waals surface area contributed by atoms with Crippen LogP contribution >= 0.6 is 0 Å². The average molecular weight is 185 g/mol. The molecule has 0 amide bonds. The second-order valence-corrected chi connectivity index (χ2v) is 5.26. The molecule has 0 spiro atoms. The van der Waals surface area contributed by atoms with Crippen LogP contribution in [0.2, 0.25) is 0 Å². The predicted octanol–water partition coefficient (Wildman–Crippen LogP) is 1.78. The van der Waals surface area contributed by atoms with E-state index in [1.807, 2.05) is 0 Å². The van der Waals surface area contributed by atoms with Crippen molar-refractivity contribution in [1.82, 2.24) is 5.32 Å². The van der Waals surface area contributed by atoms with Crippen molar-refractivity contribution in [3.05, 3.63) is 0 Å². The van der Waals surface area contributed by atoms with E-state index in [-0.39, 0.29) is 0 Å². The molecule has 1 aliphatic carbocycles. The molecule has 0 unspecified atom stereocenters. The van der Waals surface area contributed by atoms with Crippen LogP contribution in [0.5, 0.6) is 0 Å². The first-order valence-electron chi connectivity index (χ1n) is 5.29. The Morgan fingerprint density at radius 1 is 1.08 bits per heavy atom. The molecular formula is C11H23NO. The van der Waals surface area contributed by atoms with Gasteiger partial charge in [0.15, 0.2) is 0 Å². The molecular weight excluding hydrogens is 162 g/mol. The van der Waals surface area contributed by atoms with Crippen molar-refractivity contribution in [2.45, 2.75) is 46.6 Å². The minimum Gasteiger partial charge on any atom is -0.396 e. The maximum atomic E-state index is 8.62. The maximum absolute atomic E-state index is 8.62. The van der Waals surface area contributed by atoms with Gasteiger partial charge in [-0.3, -0.25) is 0 Å². The first kappa shape index (κ1) is 11.0. The van der Waals surface area contributed by atoms with E-state index in [0.717, 1.165) is 19.4 Å². The van der Waals surface area contributed by atoms with Crippen molar-refractivity contribution in [2.75, 3.05) is 13.2 Å². The summed E-state index contributed by atoms with van der Waals surface area (Å²) in [6, 6.07) is 0.652. The third kappa shape index (κ3) is 1.89. The number of hydrogen-bond acceptors (Lipinski definition) is 2. The zero-order valence-electron chi connectivity index (χ0n) is 9.35. The SMILES string of the molecule is CC1(C)C(NCCCCO)C1(C)C. The van der Waals surface area contributed by atoms with Crippen molar-refractivity contribution >= 4 is 0 Å². The summed E-state index contributed by atoms with van der Waals surface area (Å²) in [5, 5.41) is 12.2. The first-order valence-corrected chi connectivity index (χ1v) is 5.29. The Bertz CT molecular complexity index is 161. The molecule has 13 heavy (non-hydrogen) atoms. The first-order chi connectivity index (χ1) is 5.94. The minimum absolute atomic E-state index is 0.319. The summed E-state index contributed by atoms with van der Waals surface area (Å²) in [5.74, 6) is 0. The van der Waals surface area contributed by atoms with Crippen LogP contribution in [0.1, 0.15) is 40.5 Å². The highest BCUT2D eigenvalue weighted by Gasteiger charge is 2.64. The van der Waals surface area contributed by atoms with Gasteiger partial charge in [-0.05, 0) is 30.2 Å². The van der Waals surface area contributed by atoms with Gasteiger partial charge in [0.1, 0.15) is 0 Å². The quantitative estimate of drug-likeness (QED) is 0.640. The fourth-order valence-corrected chi connectivity index (χ4v) is 2.19. The van der Waals surface area contributed by atoms with E-state index in [0.29, 0.717) is 23.5 Å². The monoisotopic (exact) mass is 185 g/mol. The van der Waals surface area contributed by atoms with Crippen LogP contribution < -0.4 is 5.32 Å². The molecule has 1 aliphatic rings. The molecule has 0 aliphatic heterocycles. The van der Waals surface area contributed by atoms with E-state index in [9.17, 15) is 0 Å². The molecule has 0 heterocycles. The van der Waals surface area contributed by atoms with Gasteiger partial charge in [-0.15, -0.1) is 0 Å². The van der Waals surface area contributed by atoms with Gasteiger partial charge in [-0.1, -0.05) is 27.7 Å². The molecule has 2 nitrogen and oxygen atoms in total. The highest BCUT2D eigenvalue weighted by molar-refractivity contribution is 5.17. The predicted molar refractivity (Wildman–Crippen MR) is 55.7 cm³/mol. The zero-order valence-corrected chi connectivity index (χ0v) is 9.35. The number of aliphatic hydroxyl groups excluding tert-OH is 1. The third-order valence-corrected chi connectivity index (χ3v) is 3.95. The van der Waals surface area contributed by atoms with Crippen molar-refractivity contribution < 1.29 is 5.11 Å². The topological polar surface area (TPSA) is 32.3 Å². The lowest BCUT2D eigenvalue weighted by Crippen LogP contribution is -2.23. The van der Waals surface area contributed by atoms with Crippen LogP contribution in [0.4, 0.5) is 0 Å². The largest absolute Gasteiger partial charge is 0.396 e.